The quantitative estimate of drug-likeness (QED) is 0.100. The zero-order valence-corrected chi connectivity index (χ0v) is 33.2. The van der Waals surface area contributed by atoms with Crippen molar-refractivity contribution in [3.8, 4) is 17.0 Å². The third-order valence-electron chi connectivity index (χ3n) is 9.22. The van der Waals surface area contributed by atoms with E-state index in [-0.39, 0.29) is 52.6 Å². The number of carbonyl (C=O) groups is 1. The molecule has 0 bridgehead atoms. The van der Waals surface area contributed by atoms with E-state index in [0.29, 0.717) is 35.4 Å². The lowest BCUT2D eigenvalue weighted by Gasteiger charge is -2.24. The Hall–Kier alpha value is -5.22. The summed E-state index contributed by atoms with van der Waals surface area (Å²) < 4.78 is 100. The fraction of sp³-hybridized carbons (Fsp3) is 0.390. The highest BCUT2D eigenvalue weighted by Crippen LogP contribution is 2.39. The van der Waals surface area contributed by atoms with Crippen LogP contribution in [-0.2, 0) is 34.3 Å². The Morgan fingerprint density at radius 3 is 2.39 bits per heavy atom. The highest BCUT2D eigenvalue weighted by molar-refractivity contribution is 7.93. The molecule has 5 aromatic rings. The smallest absolute Gasteiger partial charge is 0.393 e. The standard InChI is InChI=1S/C41H46F4N6O5S/c1-25(2)57(53,54)50-31-16-10-9-15-27(31)23-46-38-36-33(51(35-17-11-12-18-55-35)49-37(36)39(52)48-40(3,4)5)21-32(47-38)29-20-30(42)34(19-28(29)22-41(43,44)45)56-24-26-13-7-6-8-14-26/h6-10,13-16,19-21,25,35,50H,11-12,17-18,22-24H2,1-5H3,(H,46,47)(H,48,52). The predicted octanol–water partition coefficient (Wildman–Crippen LogP) is 8.91. The van der Waals surface area contributed by atoms with Crippen molar-refractivity contribution < 1.29 is 40.2 Å². The van der Waals surface area contributed by atoms with Crippen molar-refractivity contribution in [3.05, 3.63) is 101 Å². The maximum absolute atomic E-state index is 15.9. The number of para-hydroxylation sites is 1. The molecule has 16 heteroatoms. The summed E-state index contributed by atoms with van der Waals surface area (Å²) in [7, 11) is -3.74. The molecule has 3 aromatic carbocycles. The van der Waals surface area contributed by atoms with Crippen LogP contribution in [0.1, 0.15) is 87.3 Å². The van der Waals surface area contributed by atoms with Crippen LogP contribution in [0.4, 0.5) is 29.1 Å². The van der Waals surface area contributed by atoms with Crippen molar-refractivity contribution in [2.75, 3.05) is 16.6 Å². The first-order valence-electron chi connectivity index (χ1n) is 18.7. The molecular weight excluding hydrogens is 765 g/mol. The minimum absolute atomic E-state index is 0.0178. The van der Waals surface area contributed by atoms with Gasteiger partial charge in [0.15, 0.2) is 23.5 Å². The number of halogens is 4. The van der Waals surface area contributed by atoms with Crippen molar-refractivity contribution in [2.45, 2.75) is 96.6 Å². The van der Waals surface area contributed by atoms with Gasteiger partial charge in [0, 0.05) is 24.3 Å². The van der Waals surface area contributed by atoms with Gasteiger partial charge in [-0.3, -0.25) is 9.52 Å². The Bertz CT molecular complexity index is 2340. The maximum atomic E-state index is 15.9. The van der Waals surface area contributed by atoms with Gasteiger partial charge in [0.05, 0.1) is 34.0 Å². The number of hydrogen-bond acceptors (Lipinski definition) is 8. The average Bonchev–Trinajstić information content (AvgIpc) is 3.54. The molecule has 1 saturated heterocycles. The largest absolute Gasteiger partial charge is 0.486 e. The first kappa shape index (κ1) is 41.4. The first-order valence-corrected chi connectivity index (χ1v) is 20.2. The molecule has 3 heterocycles. The molecule has 1 aliphatic heterocycles. The summed E-state index contributed by atoms with van der Waals surface area (Å²) in [5.74, 6) is -1.74. The second-order valence-electron chi connectivity index (χ2n) is 15.3. The highest BCUT2D eigenvalue weighted by Gasteiger charge is 2.33. The highest BCUT2D eigenvalue weighted by atomic mass is 32.2. The fourth-order valence-corrected chi connectivity index (χ4v) is 7.13. The summed E-state index contributed by atoms with van der Waals surface area (Å²) in [4.78, 5) is 18.7. The number of ether oxygens (including phenoxy) is 2. The van der Waals surface area contributed by atoms with Crippen LogP contribution in [0.2, 0.25) is 0 Å². The number of benzene rings is 3. The molecule has 0 spiro atoms. The van der Waals surface area contributed by atoms with E-state index in [9.17, 15) is 26.4 Å². The normalized spacial score (nSPS) is 15.2. The Morgan fingerprint density at radius 1 is 1.00 bits per heavy atom. The number of carbonyl (C=O) groups excluding carboxylic acids is 1. The zero-order chi connectivity index (χ0) is 41.1. The number of amides is 1. The van der Waals surface area contributed by atoms with Gasteiger partial charge in [-0.25, -0.2) is 22.5 Å². The molecular formula is C41H46F4N6O5S. The van der Waals surface area contributed by atoms with Gasteiger partial charge in [0.25, 0.3) is 5.91 Å². The third kappa shape index (κ3) is 10.2. The number of pyridine rings is 1. The Labute approximate surface area is 329 Å². The van der Waals surface area contributed by atoms with Gasteiger partial charge in [-0.2, -0.15) is 18.3 Å². The predicted molar refractivity (Wildman–Crippen MR) is 211 cm³/mol. The van der Waals surface area contributed by atoms with E-state index < -0.39 is 51.4 Å². The second kappa shape index (κ2) is 16.7. The van der Waals surface area contributed by atoms with Crippen molar-refractivity contribution in [2.24, 2.45) is 0 Å². The summed E-state index contributed by atoms with van der Waals surface area (Å²) in [6.07, 6.45) is -4.56. The number of nitrogens with zero attached hydrogens (tertiary/aromatic N) is 3. The molecule has 2 aromatic heterocycles. The van der Waals surface area contributed by atoms with Crippen molar-refractivity contribution in [1.29, 1.82) is 0 Å². The summed E-state index contributed by atoms with van der Waals surface area (Å²) in [5, 5.41) is 10.4. The molecule has 57 heavy (non-hydrogen) atoms. The van der Waals surface area contributed by atoms with Crippen LogP contribution in [0.25, 0.3) is 22.2 Å². The zero-order valence-electron chi connectivity index (χ0n) is 32.3. The molecule has 11 nitrogen and oxygen atoms in total. The van der Waals surface area contributed by atoms with Crippen LogP contribution in [0.3, 0.4) is 0 Å². The summed E-state index contributed by atoms with van der Waals surface area (Å²) >= 11 is 0. The number of fused-ring (bicyclic) bond motifs is 1. The van der Waals surface area contributed by atoms with Gasteiger partial charge in [-0.1, -0.05) is 48.5 Å². The Kier molecular flexibility index (Phi) is 12.1. The molecule has 1 atom stereocenters. The molecule has 0 radical (unpaired) electrons. The first-order chi connectivity index (χ1) is 26.9. The van der Waals surface area contributed by atoms with E-state index in [1.807, 2.05) is 20.8 Å². The number of nitrogens with one attached hydrogen (secondary N) is 3. The van der Waals surface area contributed by atoms with Crippen LogP contribution in [0, 0.1) is 5.82 Å². The van der Waals surface area contributed by atoms with Crippen LogP contribution in [0.5, 0.6) is 5.75 Å². The van der Waals surface area contributed by atoms with E-state index in [0.717, 1.165) is 25.0 Å². The fourth-order valence-electron chi connectivity index (χ4n) is 6.38. The minimum atomic E-state index is -4.68. The van der Waals surface area contributed by atoms with Crippen LogP contribution in [-0.4, -0.2) is 52.7 Å². The van der Waals surface area contributed by atoms with Gasteiger partial charge in [0.2, 0.25) is 10.0 Å². The van der Waals surface area contributed by atoms with Gasteiger partial charge in [-0.15, -0.1) is 0 Å². The van der Waals surface area contributed by atoms with Gasteiger partial charge in [0.1, 0.15) is 12.4 Å². The lowest BCUT2D eigenvalue weighted by atomic mass is 9.99. The van der Waals surface area contributed by atoms with E-state index in [2.05, 4.69) is 15.4 Å². The second-order valence-corrected chi connectivity index (χ2v) is 17.5. The average molecular weight is 811 g/mol. The van der Waals surface area contributed by atoms with Crippen molar-refractivity contribution in [1.82, 2.24) is 20.1 Å². The molecule has 6 rings (SSSR count). The topological polar surface area (TPSA) is 136 Å². The molecule has 0 aliphatic carbocycles. The monoisotopic (exact) mass is 810 g/mol. The van der Waals surface area contributed by atoms with Crippen LogP contribution in [0.15, 0.2) is 72.8 Å². The molecule has 3 N–H and O–H groups in total. The molecule has 1 unspecified atom stereocenters. The van der Waals surface area contributed by atoms with Gasteiger partial charge < -0.3 is 20.1 Å². The van der Waals surface area contributed by atoms with E-state index in [4.69, 9.17) is 19.6 Å². The lowest BCUT2D eigenvalue weighted by Crippen LogP contribution is -2.41. The molecule has 1 aliphatic rings. The molecule has 1 fully saturated rings. The van der Waals surface area contributed by atoms with E-state index in [1.54, 1.807) is 68.4 Å². The van der Waals surface area contributed by atoms with Gasteiger partial charge in [-0.05, 0) is 94.8 Å². The van der Waals surface area contributed by atoms with Gasteiger partial charge >= 0.3 is 6.18 Å². The van der Waals surface area contributed by atoms with E-state index in [1.165, 1.54) is 10.7 Å². The maximum Gasteiger partial charge on any atom is 0.393 e. The van der Waals surface area contributed by atoms with Crippen molar-refractivity contribution in [3.63, 3.8) is 0 Å². The summed E-state index contributed by atoms with van der Waals surface area (Å²) in [5.41, 5.74) is 0.652. The van der Waals surface area contributed by atoms with Crippen molar-refractivity contribution >= 4 is 38.3 Å². The number of sulfonamides is 1. The number of rotatable bonds is 13. The Balaban J connectivity index is 1.54. The number of aromatic nitrogens is 3. The number of alkyl halides is 3. The van der Waals surface area contributed by atoms with Crippen LogP contribution < -0.4 is 20.1 Å². The molecule has 0 saturated carbocycles. The third-order valence-corrected chi connectivity index (χ3v) is 11.0. The summed E-state index contributed by atoms with van der Waals surface area (Å²) in [6.45, 7) is 8.83. The summed E-state index contributed by atoms with van der Waals surface area (Å²) in [6, 6.07) is 19.0. The SMILES string of the molecule is CC(C)S(=O)(=O)Nc1ccccc1CNc1nc(-c2cc(F)c(OCc3ccccc3)cc2CC(F)(F)F)cc2c1c(C(=O)NC(C)(C)C)nn2C1CCCCO1. The number of anilines is 2. The minimum Gasteiger partial charge on any atom is -0.486 e. The lowest BCUT2D eigenvalue weighted by molar-refractivity contribution is -0.127. The molecule has 304 valence electrons. The van der Waals surface area contributed by atoms with Crippen LogP contribution >= 0.6 is 0 Å². The van der Waals surface area contributed by atoms with E-state index >= 15 is 4.39 Å². The Morgan fingerprint density at radius 2 is 1.72 bits per heavy atom. The molecule has 1 amide bonds. The number of hydrogen-bond donors (Lipinski definition) is 3.